The number of hydrogen-bond acceptors (Lipinski definition) is 2. The summed E-state index contributed by atoms with van der Waals surface area (Å²) in [6.07, 6.45) is 1.94. The van der Waals surface area contributed by atoms with E-state index in [-0.39, 0.29) is 11.8 Å². The van der Waals surface area contributed by atoms with Crippen molar-refractivity contribution in [3.8, 4) is 0 Å². The van der Waals surface area contributed by atoms with Crippen molar-refractivity contribution in [3.63, 3.8) is 0 Å². The average molecular weight is 348 g/mol. The van der Waals surface area contributed by atoms with Gasteiger partial charge >= 0.3 is 0 Å². The van der Waals surface area contributed by atoms with Gasteiger partial charge < -0.3 is 9.80 Å². The van der Waals surface area contributed by atoms with Gasteiger partial charge in [0, 0.05) is 25.2 Å². The number of carbonyl (C=O) groups is 2. The summed E-state index contributed by atoms with van der Waals surface area (Å²) >= 11 is 0. The molecule has 0 saturated carbocycles. The highest BCUT2D eigenvalue weighted by Crippen LogP contribution is 2.48. The Labute approximate surface area is 154 Å². The van der Waals surface area contributed by atoms with E-state index in [0.29, 0.717) is 38.9 Å². The minimum Gasteiger partial charge on any atom is -0.343 e. The summed E-state index contributed by atoms with van der Waals surface area (Å²) in [5, 5.41) is 0. The molecular formula is C22H24N2O2. The first-order valence-electron chi connectivity index (χ1n) is 9.39. The normalized spacial score (nSPS) is 18.3. The zero-order valence-electron chi connectivity index (χ0n) is 15.1. The summed E-state index contributed by atoms with van der Waals surface area (Å²) in [5.74, 6) is 0.367. The van der Waals surface area contributed by atoms with Gasteiger partial charge in [-0.1, -0.05) is 55.5 Å². The number of para-hydroxylation sites is 1. The highest BCUT2D eigenvalue weighted by molar-refractivity contribution is 6.08. The number of amides is 2. The fraction of sp³-hybridized carbons (Fsp3) is 0.364. The Hall–Kier alpha value is -2.62. The standard InChI is InChI=1S/C22H24N2O2/c1-2-20(25)23-14-12-22(13-15-23)18-10-6-7-11-19(18)24(21(22)26)16-17-8-4-3-5-9-17/h3-11H,2,12-16H2,1H3. The second-order valence-electron chi connectivity index (χ2n) is 7.21. The van der Waals surface area contributed by atoms with Gasteiger partial charge in [-0.2, -0.15) is 0 Å². The molecule has 2 heterocycles. The highest BCUT2D eigenvalue weighted by Gasteiger charge is 2.52. The minimum atomic E-state index is -0.476. The molecule has 2 aromatic rings. The first-order chi connectivity index (χ1) is 12.7. The maximum atomic E-state index is 13.5. The van der Waals surface area contributed by atoms with Gasteiger partial charge in [-0.15, -0.1) is 0 Å². The van der Waals surface area contributed by atoms with Gasteiger partial charge in [0.2, 0.25) is 11.8 Å². The number of benzene rings is 2. The van der Waals surface area contributed by atoms with E-state index in [2.05, 4.69) is 24.3 Å². The van der Waals surface area contributed by atoms with Crippen LogP contribution in [-0.4, -0.2) is 29.8 Å². The van der Waals surface area contributed by atoms with E-state index in [0.717, 1.165) is 16.8 Å². The molecule has 1 spiro atoms. The molecular weight excluding hydrogens is 324 g/mol. The monoisotopic (exact) mass is 348 g/mol. The molecule has 0 radical (unpaired) electrons. The number of hydrogen-bond donors (Lipinski definition) is 0. The van der Waals surface area contributed by atoms with E-state index in [4.69, 9.17) is 0 Å². The fourth-order valence-electron chi connectivity index (χ4n) is 4.36. The van der Waals surface area contributed by atoms with Crippen LogP contribution in [0.4, 0.5) is 5.69 Å². The van der Waals surface area contributed by atoms with Gasteiger partial charge in [-0.05, 0) is 30.0 Å². The second kappa shape index (κ2) is 6.60. The Balaban J connectivity index is 1.65. The molecule has 4 heteroatoms. The SMILES string of the molecule is CCC(=O)N1CCC2(CC1)C(=O)N(Cc1ccccc1)c1ccccc12. The minimum absolute atomic E-state index is 0.180. The molecule has 2 aliphatic heterocycles. The summed E-state index contributed by atoms with van der Waals surface area (Å²) in [5.41, 5.74) is 2.81. The summed E-state index contributed by atoms with van der Waals surface area (Å²) in [4.78, 5) is 29.4. The van der Waals surface area contributed by atoms with Crippen LogP contribution < -0.4 is 4.90 Å². The molecule has 0 unspecified atom stereocenters. The molecule has 2 aromatic carbocycles. The molecule has 26 heavy (non-hydrogen) atoms. The Morgan fingerprint density at radius 1 is 1.00 bits per heavy atom. The zero-order chi connectivity index (χ0) is 18.1. The molecule has 1 saturated heterocycles. The van der Waals surface area contributed by atoms with Crippen LogP contribution in [0.3, 0.4) is 0 Å². The van der Waals surface area contributed by atoms with Crippen LogP contribution >= 0.6 is 0 Å². The Kier molecular flexibility index (Phi) is 4.27. The van der Waals surface area contributed by atoms with Crippen molar-refractivity contribution in [3.05, 3.63) is 65.7 Å². The summed E-state index contributed by atoms with van der Waals surface area (Å²) in [7, 11) is 0. The molecule has 0 atom stereocenters. The Bertz CT molecular complexity index is 823. The van der Waals surface area contributed by atoms with Crippen LogP contribution in [0, 0.1) is 0 Å². The Morgan fingerprint density at radius 2 is 1.65 bits per heavy atom. The van der Waals surface area contributed by atoms with E-state index >= 15 is 0 Å². The number of carbonyl (C=O) groups excluding carboxylic acids is 2. The number of likely N-dealkylation sites (tertiary alicyclic amines) is 1. The number of fused-ring (bicyclic) bond motifs is 2. The predicted octanol–water partition coefficient (Wildman–Crippen LogP) is 3.50. The van der Waals surface area contributed by atoms with Crippen LogP contribution in [0.2, 0.25) is 0 Å². The van der Waals surface area contributed by atoms with Crippen molar-refractivity contribution in [2.45, 2.75) is 38.1 Å². The smallest absolute Gasteiger partial charge is 0.238 e. The third kappa shape index (κ3) is 2.61. The maximum absolute atomic E-state index is 13.5. The number of rotatable bonds is 3. The van der Waals surface area contributed by atoms with Crippen LogP contribution in [0.25, 0.3) is 0 Å². The predicted molar refractivity (Wildman–Crippen MR) is 102 cm³/mol. The quantitative estimate of drug-likeness (QED) is 0.852. The first kappa shape index (κ1) is 16.8. The number of nitrogens with zero attached hydrogens (tertiary/aromatic N) is 2. The van der Waals surface area contributed by atoms with Crippen LogP contribution in [0.15, 0.2) is 54.6 Å². The largest absolute Gasteiger partial charge is 0.343 e. The van der Waals surface area contributed by atoms with Gasteiger partial charge in [0.25, 0.3) is 0 Å². The first-order valence-corrected chi connectivity index (χ1v) is 9.39. The molecule has 4 nitrogen and oxygen atoms in total. The van der Waals surface area contributed by atoms with E-state index in [1.807, 2.05) is 47.1 Å². The third-order valence-corrected chi connectivity index (χ3v) is 5.82. The maximum Gasteiger partial charge on any atom is 0.238 e. The van der Waals surface area contributed by atoms with Crippen molar-refractivity contribution in [1.82, 2.24) is 4.90 Å². The highest BCUT2D eigenvalue weighted by atomic mass is 16.2. The summed E-state index contributed by atoms with van der Waals surface area (Å²) in [6.45, 7) is 3.80. The van der Waals surface area contributed by atoms with Crippen molar-refractivity contribution in [2.24, 2.45) is 0 Å². The van der Waals surface area contributed by atoms with Gasteiger partial charge in [0.15, 0.2) is 0 Å². The summed E-state index contributed by atoms with van der Waals surface area (Å²) in [6, 6.07) is 18.3. The van der Waals surface area contributed by atoms with Crippen LogP contribution in [0.1, 0.15) is 37.3 Å². The van der Waals surface area contributed by atoms with E-state index < -0.39 is 5.41 Å². The van der Waals surface area contributed by atoms with Gasteiger partial charge in [-0.3, -0.25) is 9.59 Å². The lowest BCUT2D eigenvalue weighted by Gasteiger charge is -2.38. The van der Waals surface area contributed by atoms with Gasteiger partial charge in [0.1, 0.15) is 0 Å². The van der Waals surface area contributed by atoms with Gasteiger partial charge in [0.05, 0.1) is 12.0 Å². The summed E-state index contributed by atoms with van der Waals surface area (Å²) < 4.78 is 0. The number of piperidine rings is 1. The molecule has 0 aliphatic carbocycles. The topological polar surface area (TPSA) is 40.6 Å². The molecule has 0 aromatic heterocycles. The van der Waals surface area contributed by atoms with Crippen molar-refractivity contribution in [1.29, 1.82) is 0 Å². The molecule has 1 fully saturated rings. The zero-order valence-corrected chi connectivity index (χ0v) is 15.1. The van der Waals surface area contributed by atoms with E-state index in [1.54, 1.807) is 0 Å². The Morgan fingerprint density at radius 3 is 2.35 bits per heavy atom. The van der Waals surface area contributed by atoms with E-state index in [1.165, 1.54) is 0 Å². The van der Waals surface area contributed by atoms with Gasteiger partial charge in [-0.25, -0.2) is 0 Å². The molecule has 134 valence electrons. The molecule has 0 bridgehead atoms. The van der Waals surface area contributed by atoms with E-state index in [9.17, 15) is 9.59 Å². The average Bonchev–Trinajstić information content (AvgIpc) is 2.92. The molecule has 4 rings (SSSR count). The molecule has 2 amide bonds. The number of anilines is 1. The lowest BCUT2D eigenvalue weighted by atomic mass is 9.73. The van der Waals surface area contributed by atoms with Crippen LogP contribution in [-0.2, 0) is 21.5 Å². The third-order valence-electron chi connectivity index (χ3n) is 5.82. The fourth-order valence-corrected chi connectivity index (χ4v) is 4.36. The molecule has 2 aliphatic rings. The van der Waals surface area contributed by atoms with Crippen molar-refractivity contribution >= 4 is 17.5 Å². The van der Waals surface area contributed by atoms with Crippen LogP contribution in [0.5, 0.6) is 0 Å². The van der Waals surface area contributed by atoms with Crippen molar-refractivity contribution in [2.75, 3.05) is 18.0 Å². The lowest BCUT2D eigenvalue weighted by Crippen LogP contribution is -2.49. The second-order valence-corrected chi connectivity index (χ2v) is 7.21. The lowest BCUT2D eigenvalue weighted by molar-refractivity contribution is -0.135. The molecule has 0 N–H and O–H groups in total. The van der Waals surface area contributed by atoms with Crippen molar-refractivity contribution < 1.29 is 9.59 Å².